The van der Waals surface area contributed by atoms with Crippen molar-refractivity contribution in [2.45, 2.75) is 12.5 Å². The standard InChI is InChI=1S/C8H18N2O/c1-9(2)8-6-10(7-8)4-3-5-11/h8,11H,3-7H2,1-2H3. The van der Waals surface area contributed by atoms with Crippen molar-refractivity contribution in [3.63, 3.8) is 0 Å². The van der Waals surface area contributed by atoms with Gasteiger partial charge in [-0.25, -0.2) is 0 Å². The number of hydrogen-bond acceptors (Lipinski definition) is 3. The second kappa shape index (κ2) is 4.04. The minimum Gasteiger partial charge on any atom is -0.396 e. The average molecular weight is 158 g/mol. The molecule has 1 rings (SSSR count). The third kappa shape index (κ3) is 2.43. The molecular formula is C8H18N2O. The summed E-state index contributed by atoms with van der Waals surface area (Å²) in [5, 5.41) is 8.57. The summed E-state index contributed by atoms with van der Waals surface area (Å²) in [4.78, 5) is 4.64. The fourth-order valence-corrected chi connectivity index (χ4v) is 1.35. The molecular weight excluding hydrogens is 140 g/mol. The first kappa shape index (κ1) is 8.97. The Morgan fingerprint density at radius 1 is 1.45 bits per heavy atom. The molecule has 0 bridgehead atoms. The molecule has 0 spiro atoms. The highest BCUT2D eigenvalue weighted by atomic mass is 16.3. The Labute approximate surface area is 68.6 Å². The van der Waals surface area contributed by atoms with Crippen molar-refractivity contribution < 1.29 is 5.11 Å². The summed E-state index contributed by atoms with van der Waals surface area (Å²) < 4.78 is 0. The predicted molar refractivity (Wildman–Crippen MR) is 45.6 cm³/mol. The van der Waals surface area contributed by atoms with Gasteiger partial charge in [0.25, 0.3) is 0 Å². The van der Waals surface area contributed by atoms with Crippen LogP contribution in [0.2, 0.25) is 0 Å². The van der Waals surface area contributed by atoms with E-state index in [2.05, 4.69) is 23.9 Å². The van der Waals surface area contributed by atoms with Crippen LogP contribution in [0.3, 0.4) is 0 Å². The summed E-state index contributed by atoms with van der Waals surface area (Å²) >= 11 is 0. The first-order chi connectivity index (χ1) is 5.24. The number of aliphatic hydroxyl groups excluding tert-OH is 1. The van der Waals surface area contributed by atoms with E-state index in [-0.39, 0.29) is 0 Å². The van der Waals surface area contributed by atoms with Crippen molar-refractivity contribution in [3.05, 3.63) is 0 Å². The van der Waals surface area contributed by atoms with E-state index >= 15 is 0 Å². The van der Waals surface area contributed by atoms with Crippen LogP contribution in [-0.2, 0) is 0 Å². The SMILES string of the molecule is CN(C)C1CN(CCCO)C1. The molecule has 0 amide bonds. The van der Waals surface area contributed by atoms with E-state index in [1.165, 1.54) is 13.1 Å². The summed E-state index contributed by atoms with van der Waals surface area (Å²) in [5.41, 5.74) is 0. The van der Waals surface area contributed by atoms with Crippen LogP contribution < -0.4 is 0 Å². The zero-order valence-corrected chi connectivity index (χ0v) is 7.45. The minimum absolute atomic E-state index is 0.323. The van der Waals surface area contributed by atoms with Crippen LogP contribution >= 0.6 is 0 Å². The van der Waals surface area contributed by atoms with Crippen molar-refractivity contribution in [2.24, 2.45) is 0 Å². The van der Waals surface area contributed by atoms with Gasteiger partial charge in [-0.1, -0.05) is 0 Å². The van der Waals surface area contributed by atoms with Crippen molar-refractivity contribution >= 4 is 0 Å². The molecule has 66 valence electrons. The molecule has 1 N–H and O–H groups in total. The van der Waals surface area contributed by atoms with Gasteiger partial charge in [0.15, 0.2) is 0 Å². The number of likely N-dealkylation sites (tertiary alicyclic amines) is 1. The number of likely N-dealkylation sites (N-methyl/N-ethyl adjacent to an activating group) is 1. The fourth-order valence-electron chi connectivity index (χ4n) is 1.35. The van der Waals surface area contributed by atoms with Gasteiger partial charge < -0.3 is 14.9 Å². The molecule has 0 aliphatic carbocycles. The summed E-state index contributed by atoms with van der Waals surface area (Å²) in [5.74, 6) is 0. The first-order valence-electron chi connectivity index (χ1n) is 4.23. The molecule has 0 atom stereocenters. The third-order valence-corrected chi connectivity index (χ3v) is 2.30. The van der Waals surface area contributed by atoms with Gasteiger partial charge in [-0.05, 0) is 20.5 Å². The largest absolute Gasteiger partial charge is 0.396 e. The fraction of sp³-hybridized carbons (Fsp3) is 1.00. The Morgan fingerprint density at radius 3 is 2.55 bits per heavy atom. The quantitative estimate of drug-likeness (QED) is 0.604. The third-order valence-electron chi connectivity index (χ3n) is 2.30. The highest BCUT2D eigenvalue weighted by Gasteiger charge is 2.26. The van der Waals surface area contributed by atoms with Gasteiger partial charge in [0.1, 0.15) is 0 Å². The molecule has 1 saturated heterocycles. The van der Waals surface area contributed by atoms with Gasteiger partial charge >= 0.3 is 0 Å². The topological polar surface area (TPSA) is 26.7 Å². The molecule has 1 aliphatic rings. The molecule has 0 unspecified atom stereocenters. The molecule has 3 heteroatoms. The summed E-state index contributed by atoms with van der Waals surface area (Å²) in [6, 6.07) is 0.744. The summed E-state index contributed by atoms with van der Waals surface area (Å²) in [6.07, 6.45) is 0.917. The summed E-state index contributed by atoms with van der Waals surface area (Å²) in [6.45, 7) is 3.73. The van der Waals surface area contributed by atoms with Crippen molar-refractivity contribution in [2.75, 3.05) is 40.3 Å². The Balaban J connectivity index is 2.00. The number of nitrogens with zero attached hydrogens (tertiary/aromatic N) is 2. The number of hydrogen-bond donors (Lipinski definition) is 1. The molecule has 0 radical (unpaired) electrons. The van der Waals surface area contributed by atoms with Gasteiger partial charge in [0, 0.05) is 32.3 Å². The number of rotatable bonds is 4. The van der Waals surface area contributed by atoms with E-state index in [0.29, 0.717) is 6.61 Å². The predicted octanol–water partition coefficient (Wildman–Crippen LogP) is -0.385. The minimum atomic E-state index is 0.323. The maximum absolute atomic E-state index is 8.57. The van der Waals surface area contributed by atoms with Crippen LogP contribution in [0.25, 0.3) is 0 Å². The smallest absolute Gasteiger partial charge is 0.0443 e. The molecule has 1 fully saturated rings. The molecule has 0 aromatic rings. The highest BCUT2D eigenvalue weighted by molar-refractivity contribution is 4.84. The van der Waals surface area contributed by atoms with Crippen LogP contribution in [0.4, 0.5) is 0 Å². The number of aliphatic hydroxyl groups is 1. The van der Waals surface area contributed by atoms with E-state index < -0.39 is 0 Å². The van der Waals surface area contributed by atoms with Crippen molar-refractivity contribution in [3.8, 4) is 0 Å². The van der Waals surface area contributed by atoms with E-state index in [4.69, 9.17) is 5.11 Å². The van der Waals surface area contributed by atoms with Crippen molar-refractivity contribution in [1.29, 1.82) is 0 Å². The monoisotopic (exact) mass is 158 g/mol. The molecule has 3 nitrogen and oxygen atoms in total. The lowest BCUT2D eigenvalue weighted by atomic mass is 10.1. The second-order valence-electron chi connectivity index (χ2n) is 3.45. The Morgan fingerprint density at radius 2 is 2.09 bits per heavy atom. The molecule has 0 aromatic carbocycles. The normalized spacial score (nSPS) is 20.7. The molecule has 1 heterocycles. The van der Waals surface area contributed by atoms with Crippen LogP contribution in [0.5, 0.6) is 0 Å². The van der Waals surface area contributed by atoms with Gasteiger partial charge in [-0.2, -0.15) is 0 Å². The van der Waals surface area contributed by atoms with E-state index in [9.17, 15) is 0 Å². The van der Waals surface area contributed by atoms with Gasteiger partial charge in [-0.3, -0.25) is 0 Å². The Hall–Kier alpha value is -0.120. The van der Waals surface area contributed by atoms with Crippen molar-refractivity contribution in [1.82, 2.24) is 9.80 Å². The van der Waals surface area contributed by atoms with Gasteiger partial charge in [0.05, 0.1) is 0 Å². The first-order valence-corrected chi connectivity index (χ1v) is 4.23. The maximum Gasteiger partial charge on any atom is 0.0443 e. The highest BCUT2D eigenvalue weighted by Crippen LogP contribution is 2.11. The molecule has 1 aliphatic heterocycles. The molecule has 11 heavy (non-hydrogen) atoms. The maximum atomic E-state index is 8.57. The van der Waals surface area contributed by atoms with E-state index in [1.54, 1.807) is 0 Å². The molecule has 0 saturated carbocycles. The van der Waals surface area contributed by atoms with Crippen LogP contribution in [0.15, 0.2) is 0 Å². The zero-order valence-electron chi connectivity index (χ0n) is 7.45. The lowest BCUT2D eigenvalue weighted by molar-refractivity contribution is 0.0585. The summed E-state index contributed by atoms with van der Waals surface area (Å²) in [7, 11) is 4.24. The van der Waals surface area contributed by atoms with Gasteiger partial charge in [-0.15, -0.1) is 0 Å². The second-order valence-corrected chi connectivity index (χ2v) is 3.45. The zero-order chi connectivity index (χ0) is 8.27. The Bertz CT molecular complexity index is 111. The molecule has 0 aromatic heterocycles. The van der Waals surface area contributed by atoms with Crippen LogP contribution in [0, 0.1) is 0 Å². The Kier molecular flexibility index (Phi) is 3.30. The van der Waals surface area contributed by atoms with Crippen LogP contribution in [-0.4, -0.2) is 61.3 Å². The van der Waals surface area contributed by atoms with Gasteiger partial charge in [0.2, 0.25) is 0 Å². The lowest BCUT2D eigenvalue weighted by Gasteiger charge is -2.42. The van der Waals surface area contributed by atoms with Crippen LogP contribution in [0.1, 0.15) is 6.42 Å². The average Bonchev–Trinajstić information content (AvgIpc) is 1.84. The van der Waals surface area contributed by atoms with E-state index in [0.717, 1.165) is 19.0 Å². The lowest BCUT2D eigenvalue weighted by Crippen LogP contribution is -2.57. The van der Waals surface area contributed by atoms with E-state index in [1.807, 2.05) is 0 Å².